The summed E-state index contributed by atoms with van der Waals surface area (Å²) in [7, 11) is 0. The number of carbonyl (C=O) groups excluding carboxylic acids is 3. The van der Waals surface area contributed by atoms with Gasteiger partial charge in [-0.1, -0.05) is 12.1 Å². The molecule has 8 nitrogen and oxygen atoms in total. The number of rotatable bonds is 5. The maximum atomic E-state index is 12.4. The fourth-order valence-electron chi connectivity index (χ4n) is 2.34. The monoisotopic (exact) mass is 409 g/mol. The number of nitrogens with one attached hydrogen (secondary N) is 2. The predicted molar refractivity (Wildman–Crippen MR) is 111 cm³/mol. The van der Waals surface area contributed by atoms with Gasteiger partial charge in [-0.2, -0.15) is 5.26 Å². The van der Waals surface area contributed by atoms with Crippen molar-refractivity contribution in [1.29, 1.82) is 5.26 Å². The lowest BCUT2D eigenvalue weighted by atomic mass is 10.2. The van der Waals surface area contributed by atoms with Gasteiger partial charge >= 0.3 is 12.1 Å². The van der Waals surface area contributed by atoms with Crippen LogP contribution >= 0.6 is 0 Å². The third kappa shape index (κ3) is 6.95. The van der Waals surface area contributed by atoms with Gasteiger partial charge < -0.3 is 14.8 Å². The number of nitrogens with zero attached hydrogens (tertiary/aromatic N) is 1. The zero-order valence-corrected chi connectivity index (χ0v) is 17.2. The summed E-state index contributed by atoms with van der Waals surface area (Å²) in [5.74, 6) is -1.27. The Hall–Kier alpha value is -3.86. The van der Waals surface area contributed by atoms with E-state index in [1.807, 2.05) is 6.07 Å². The smallest absolute Gasteiger partial charge is 0.412 e. The van der Waals surface area contributed by atoms with Gasteiger partial charge in [-0.15, -0.1) is 0 Å². The number of carbonyl (C=O) groups is 3. The fraction of sp³-hybridized carbons (Fsp3) is 0.273. The van der Waals surface area contributed by atoms with Gasteiger partial charge in [0.25, 0.3) is 5.91 Å². The molecular formula is C22H23N3O5. The lowest BCUT2D eigenvalue weighted by Gasteiger charge is -2.19. The van der Waals surface area contributed by atoms with Crippen molar-refractivity contribution in [1.82, 2.24) is 0 Å². The second kappa shape index (κ2) is 9.56. The lowest BCUT2D eigenvalue weighted by Crippen LogP contribution is -2.30. The third-order valence-corrected chi connectivity index (χ3v) is 3.66. The van der Waals surface area contributed by atoms with Crippen LogP contribution < -0.4 is 10.6 Å². The summed E-state index contributed by atoms with van der Waals surface area (Å²) in [5.41, 5.74) is 0.673. The molecule has 0 saturated heterocycles. The number of esters is 1. The Kier molecular flexibility index (Phi) is 7.15. The highest BCUT2D eigenvalue weighted by Crippen LogP contribution is 2.16. The minimum atomic E-state index is -1.08. The van der Waals surface area contributed by atoms with Crippen LogP contribution in [0.3, 0.4) is 0 Å². The summed E-state index contributed by atoms with van der Waals surface area (Å²) in [6, 6.07) is 14.5. The molecule has 0 unspecified atom stereocenters. The Labute approximate surface area is 174 Å². The van der Waals surface area contributed by atoms with Crippen LogP contribution in [0, 0.1) is 11.3 Å². The van der Waals surface area contributed by atoms with Gasteiger partial charge in [0.1, 0.15) is 5.60 Å². The topological polar surface area (TPSA) is 118 Å². The summed E-state index contributed by atoms with van der Waals surface area (Å²) in [6.45, 7) is 6.65. The zero-order chi connectivity index (χ0) is 22.3. The molecule has 2 N–H and O–H groups in total. The van der Waals surface area contributed by atoms with Gasteiger partial charge in [0, 0.05) is 11.4 Å². The molecule has 0 radical (unpaired) electrons. The molecule has 0 aliphatic heterocycles. The van der Waals surface area contributed by atoms with Crippen LogP contribution in [0.15, 0.2) is 48.5 Å². The minimum Gasteiger partial charge on any atom is -0.449 e. The quantitative estimate of drug-likeness (QED) is 0.718. The van der Waals surface area contributed by atoms with Crippen molar-refractivity contribution in [3.05, 3.63) is 59.7 Å². The standard InChI is InChI=1S/C22H23N3O5/c1-14(19(26)24-17-9-5-7-15(11-17)13-23)29-20(27)16-8-6-10-18(12-16)25-21(28)30-22(2,3)4/h5-12,14H,1-4H3,(H,24,26)(H,25,28)/t14-/m1/s1. The molecule has 1 atom stereocenters. The average Bonchev–Trinajstić information content (AvgIpc) is 2.66. The Bertz CT molecular complexity index is 989. The first-order valence-corrected chi connectivity index (χ1v) is 9.19. The van der Waals surface area contributed by atoms with E-state index in [0.717, 1.165) is 0 Å². The van der Waals surface area contributed by atoms with E-state index in [-0.39, 0.29) is 5.56 Å². The highest BCUT2D eigenvalue weighted by atomic mass is 16.6. The molecule has 0 aromatic heterocycles. The number of benzene rings is 2. The molecule has 2 aromatic rings. The summed E-state index contributed by atoms with van der Waals surface area (Å²) in [4.78, 5) is 36.5. The number of hydrogen-bond donors (Lipinski definition) is 2. The van der Waals surface area contributed by atoms with E-state index in [2.05, 4.69) is 10.6 Å². The van der Waals surface area contributed by atoms with Gasteiger partial charge in [-0.25, -0.2) is 9.59 Å². The zero-order valence-electron chi connectivity index (χ0n) is 17.2. The van der Waals surface area contributed by atoms with Crippen LogP contribution in [0.2, 0.25) is 0 Å². The molecule has 30 heavy (non-hydrogen) atoms. The van der Waals surface area contributed by atoms with Gasteiger partial charge in [0.2, 0.25) is 0 Å². The van der Waals surface area contributed by atoms with Gasteiger partial charge in [-0.05, 0) is 64.1 Å². The predicted octanol–water partition coefficient (Wildman–Crippen LogP) is 4.09. The van der Waals surface area contributed by atoms with Crippen molar-refractivity contribution >= 4 is 29.3 Å². The van der Waals surface area contributed by atoms with Crippen molar-refractivity contribution in [2.75, 3.05) is 10.6 Å². The Morgan fingerprint density at radius 1 is 1.00 bits per heavy atom. The lowest BCUT2D eigenvalue weighted by molar-refractivity contribution is -0.123. The maximum Gasteiger partial charge on any atom is 0.412 e. The van der Waals surface area contributed by atoms with E-state index in [4.69, 9.17) is 14.7 Å². The largest absolute Gasteiger partial charge is 0.449 e. The van der Waals surface area contributed by atoms with E-state index in [9.17, 15) is 14.4 Å². The van der Waals surface area contributed by atoms with E-state index in [1.54, 1.807) is 51.1 Å². The minimum absolute atomic E-state index is 0.162. The molecule has 2 amide bonds. The van der Waals surface area contributed by atoms with Gasteiger partial charge in [0.05, 0.1) is 17.2 Å². The molecule has 156 valence electrons. The van der Waals surface area contributed by atoms with Crippen LogP contribution in [-0.2, 0) is 14.3 Å². The first kappa shape index (κ1) is 22.4. The van der Waals surface area contributed by atoms with Gasteiger partial charge in [0.15, 0.2) is 6.10 Å². The normalized spacial score (nSPS) is 11.6. The summed E-state index contributed by atoms with van der Waals surface area (Å²) in [5, 5.41) is 14.0. The molecule has 0 saturated carbocycles. The molecule has 0 heterocycles. The van der Waals surface area contributed by atoms with Crippen LogP contribution in [-0.4, -0.2) is 29.7 Å². The van der Waals surface area contributed by atoms with Crippen molar-refractivity contribution in [3.8, 4) is 6.07 Å². The van der Waals surface area contributed by atoms with Gasteiger partial charge in [-0.3, -0.25) is 10.1 Å². The molecule has 0 spiro atoms. The third-order valence-electron chi connectivity index (χ3n) is 3.66. The van der Waals surface area contributed by atoms with E-state index < -0.39 is 29.7 Å². The summed E-state index contributed by atoms with van der Waals surface area (Å²) < 4.78 is 10.4. The molecule has 0 aliphatic rings. The number of ether oxygens (including phenoxy) is 2. The Balaban J connectivity index is 1.98. The first-order chi connectivity index (χ1) is 14.1. The Morgan fingerprint density at radius 2 is 1.63 bits per heavy atom. The molecule has 0 aliphatic carbocycles. The van der Waals surface area contributed by atoms with Crippen LogP contribution in [0.4, 0.5) is 16.2 Å². The molecule has 2 aromatic carbocycles. The van der Waals surface area contributed by atoms with Crippen LogP contribution in [0.1, 0.15) is 43.6 Å². The van der Waals surface area contributed by atoms with Crippen molar-refractivity contribution in [3.63, 3.8) is 0 Å². The highest BCUT2D eigenvalue weighted by Gasteiger charge is 2.20. The van der Waals surface area contributed by atoms with Crippen LogP contribution in [0.25, 0.3) is 0 Å². The molecule has 0 bridgehead atoms. The molecule has 0 fully saturated rings. The number of amides is 2. The summed E-state index contributed by atoms with van der Waals surface area (Å²) in [6.07, 6.45) is -1.73. The second-order valence-electron chi connectivity index (χ2n) is 7.44. The molecular weight excluding hydrogens is 386 g/mol. The second-order valence-corrected chi connectivity index (χ2v) is 7.44. The SMILES string of the molecule is C[C@@H](OC(=O)c1cccc(NC(=O)OC(C)(C)C)c1)C(=O)Nc1cccc(C#N)c1. The van der Waals surface area contributed by atoms with Crippen molar-refractivity contribution in [2.24, 2.45) is 0 Å². The van der Waals surface area contributed by atoms with Crippen molar-refractivity contribution < 1.29 is 23.9 Å². The molecule has 2 rings (SSSR count). The first-order valence-electron chi connectivity index (χ1n) is 9.19. The number of nitriles is 1. The van der Waals surface area contributed by atoms with Crippen molar-refractivity contribution in [2.45, 2.75) is 39.4 Å². The Morgan fingerprint density at radius 3 is 2.27 bits per heavy atom. The van der Waals surface area contributed by atoms with E-state index >= 15 is 0 Å². The number of anilines is 2. The fourth-order valence-corrected chi connectivity index (χ4v) is 2.34. The average molecular weight is 409 g/mol. The van der Waals surface area contributed by atoms with E-state index in [0.29, 0.717) is 16.9 Å². The van der Waals surface area contributed by atoms with E-state index in [1.165, 1.54) is 25.1 Å². The van der Waals surface area contributed by atoms with Crippen LogP contribution in [0.5, 0.6) is 0 Å². The highest BCUT2D eigenvalue weighted by molar-refractivity contribution is 5.98. The number of hydrogen-bond acceptors (Lipinski definition) is 6. The maximum absolute atomic E-state index is 12.4. The summed E-state index contributed by atoms with van der Waals surface area (Å²) >= 11 is 0. The molecule has 8 heteroatoms.